The smallest absolute Gasteiger partial charge is 0.418 e. The maximum atomic E-state index is 13.5. The van der Waals surface area contributed by atoms with Crippen LogP contribution in [0.15, 0.2) is 22.4 Å². The fraction of sp³-hybridized carbons (Fsp3) is 0.455. The van der Waals surface area contributed by atoms with E-state index in [2.05, 4.69) is 30.5 Å². The number of thiazole rings is 1. The lowest BCUT2D eigenvalue weighted by molar-refractivity contribution is -0.136. The molecule has 1 atom stereocenters. The highest BCUT2D eigenvalue weighted by Gasteiger charge is 2.34. The summed E-state index contributed by atoms with van der Waals surface area (Å²) in [5.74, 6) is 0.515. The normalized spacial score (nSPS) is 16.5. The molecule has 1 aliphatic heterocycles. The van der Waals surface area contributed by atoms with Crippen LogP contribution in [0.4, 0.5) is 28.9 Å². The second-order valence-corrected chi connectivity index (χ2v) is 12.0. The molecule has 38 heavy (non-hydrogen) atoms. The number of halogens is 3. The third kappa shape index (κ3) is 5.98. The molecule has 16 heteroatoms. The van der Waals surface area contributed by atoms with E-state index < -0.39 is 27.9 Å². The predicted octanol–water partition coefficient (Wildman–Crippen LogP) is 3.62. The Morgan fingerprint density at radius 2 is 1.84 bits per heavy atom. The monoisotopic (exact) mass is 573 g/mol. The van der Waals surface area contributed by atoms with Crippen molar-refractivity contribution in [2.24, 2.45) is 0 Å². The average molecular weight is 574 g/mol. The Balaban J connectivity index is 1.41. The molecular formula is C22H26F3N7O4S2. The van der Waals surface area contributed by atoms with Crippen LogP contribution in [0.3, 0.4) is 0 Å². The van der Waals surface area contributed by atoms with Crippen LogP contribution in [0.25, 0.3) is 10.9 Å². The topological polar surface area (TPSA) is 141 Å². The number of nitrogens with one attached hydrogen (secondary N) is 2. The minimum Gasteiger partial charge on any atom is -0.465 e. The lowest BCUT2D eigenvalue weighted by Crippen LogP contribution is -2.50. The third-order valence-electron chi connectivity index (χ3n) is 5.93. The summed E-state index contributed by atoms with van der Waals surface area (Å²) in [5.41, 5.74) is -0.767. The molecule has 1 saturated heterocycles. The van der Waals surface area contributed by atoms with Crippen molar-refractivity contribution in [1.29, 1.82) is 0 Å². The number of hydrogen-bond acceptors (Lipinski definition) is 9. The highest BCUT2D eigenvalue weighted by Crippen LogP contribution is 2.35. The quantitative estimate of drug-likeness (QED) is 0.387. The summed E-state index contributed by atoms with van der Waals surface area (Å²) >= 11 is 0.767. The zero-order chi connectivity index (χ0) is 27.8. The predicted molar refractivity (Wildman–Crippen MR) is 136 cm³/mol. The van der Waals surface area contributed by atoms with Crippen molar-refractivity contribution in [2.45, 2.75) is 37.2 Å². The van der Waals surface area contributed by atoms with Crippen LogP contribution in [0, 0.1) is 13.8 Å². The van der Waals surface area contributed by atoms with Gasteiger partial charge in [-0.25, -0.2) is 28.2 Å². The van der Waals surface area contributed by atoms with E-state index in [-0.39, 0.29) is 50.9 Å². The largest absolute Gasteiger partial charge is 0.465 e. The molecule has 1 fully saturated rings. The van der Waals surface area contributed by atoms with Gasteiger partial charge in [0.2, 0.25) is 0 Å². The van der Waals surface area contributed by atoms with Gasteiger partial charge < -0.3 is 10.4 Å². The van der Waals surface area contributed by atoms with Gasteiger partial charge in [-0.2, -0.15) is 17.5 Å². The van der Waals surface area contributed by atoms with Gasteiger partial charge in [-0.1, -0.05) is 17.4 Å². The van der Waals surface area contributed by atoms with Crippen LogP contribution in [0.2, 0.25) is 0 Å². The van der Waals surface area contributed by atoms with Crippen LogP contribution in [0.1, 0.15) is 24.0 Å². The van der Waals surface area contributed by atoms with Crippen molar-refractivity contribution < 1.29 is 31.5 Å². The number of aromatic nitrogens is 3. The average Bonchev–Trinajstić information content (AvgIpc) is 3.18. The van der Waals surface area contributed by atoms with Crippen LogP contribution in [0.5, 0.6) is 0 Å². The molecule has 1 aliphatic rings. The van der Waals surface area contributed by atoms with E-state index in [0.29, 0.717) is 25.5 Å². The molecule has 0 spiro atoms. The second kappa shape index (κ2) is 10.6. The highest BCUT2D eigenvalue weighted by atomic mass is 32.2. The first-order chi connectivity index (χ1) is 17.8. The second-order valence-electron chi connectivity index (χ2n) is 8.89. The summed E-state index contributed by atoms with van der Waals surface area (Å²) in [4.78, 5) is 25.2. The fourth-order valence-corrected chi connectivity index (χ4v) is 7.27. The molecular weight excluding hydrogens is 547 g/mol. The minimum absolute atomic E-state index is 0.00558. The van der Waals surface area contributed by atoms with Crippen molar-refractivity contribution in [3.8, 4) is 0 Å². The van der Waals surface area contributed by atoms with Crippen LogP contribution in [-0.2, 0) is 16.2 Å². The summed E-state index contributed by atoms with van der Waals surface area (Å²) in [7, 11) is -3.85. The van der Waals surface area contributed by atoms with Gasteiger partial charge in [-0.05, 0) is 32.9 Å². The van der Waals surface area contributed by atoms with Gasteiger partial charge in [-0.3, -0.25) is 10.2 Å². The van der Waals surface area contributed by atoms with Gasteiger partial charge in [0.05, 0.1) is 16.8 Å². The number of fused-ring (bicyclic) bond motifs is 1. The van der Waals surface area contributed by atoms with Crippen molar-refractivity contribution in [1.82, 2.24) is 24.2 Å². The molecule has 3 aromatic rings. The fourth-order valence-electron chi connectivity index (χ4n) is 4.31. The number of hydrogen-bond donors (Lipinski definition) is 3. The van der Waals surface area contributed by atoms with Gasteiger partial charge in [0.25, 0.3) is 10.0 Å². The Hall–Kier alpha value is -3.08. The first-order valence-electron chi connectivity index (χ1n) is 11.6. The summed E-state index contributed by atoms with van der Waals surface area (Å²) in [6, 6.07) is 3.65. The maximum absolute atomic E-state index is 13.5. The molecule has 1 aromatic carbocycles. The van der Waals surface area contributed by atoms with E-state index in [4.69, 9.17) is 5.11 Å². The Bertz CT molecular complexity index is 1460. The zero-order valence-electron chi connectivity index (χ0n) is 20.7. The number of anilines is 2. The molecule has 4 rings (SSSR count). The van der Waals surface area contributed by atoms with Gasteiger partial charge in [0, 0.05) is 44.2 Å². The lowest BCUT2D eigenvalue weighted by Gasteiger charge is -2.35. The number of carboxylic acid groups (broad SMARTS) is 1. The summed E-state index contributed by atoms with van der Waals surface area (Å²) in [6.07, 6.45) is -5.88. The van der Waals surface area contributed by atoms with Gasteiger partial charge in [0.15, 0.2) is 9.34 Å². The van der Waals surface area contributed by atoms with E-state index in [9.17, 15) is 26.4 Å². The molecule has 206 valence electrons. The number of rotatable bonds is 7. The van der Waals surface area contributed by atoms with Crippen molar-refractivity contribution >= 4 is 49.3 Å². The molecule has 11 nitrogen and oxygen atoms in total. The SMILES string of the molecule is Cc1nc(N[C@@H](C)CN2CCN(S(=O)(=O)c3sc(NC(=O)O)nc3C)CC2)c2cccc(C(F)(F)F)c2n1. The van der Waals surface area contributed by atoms with E-state index in [0.717, 1.165) is 17.4 Å². The maximum Gasteiger partial charge on any atom is 0.418 e. The van der Waals surface area contributed by atoms with Crippen LogP contribution in [-0.4, -0.2) is 82.5 Å². The Kier molecular flexibility index (Phi) is 7.79. The first kappa shape index (κ1) is 27.9. The minimum atomic E-state index is -4.55. The number of carbonyl (C=O) groups is 1. The number of nitrogens with zero attached hydrogens (tertiary/aromatic N) is 5. The van der Waals surface area contributed by atoms with E-state index >= 15 is 0 Å². The molecule has 3 heterocycles. The molecule has 0 saturated carbocycles. The summed E-state index contributed by atoms with van der Waals surface area (Å²) in [6.45, 7) is 6.73. The van der Waals surface area contributed by atoms with Crippen molar-refractivity contribution in [2.75, 3.05) is 43.4 Å². The molecule has 0 aliphatic carbocycles. The highest BCUT2D eigenvalue weighted by molar-refractivity contribution is 7.91. The molecule has 0 radical (unpaired) electrons. The number of alkyl halides is 3. The zero-order valence-corrected chi connectivity index (χ0v) is 22.3. The van der Waals surface area contributed by atoms with Gasteiger partial charge in [-0.15, -0.1) is 0 Å². The molecule has 3 N–H and O–H groups in total. The number of benzene rings is 1. The van der Waals surface area contributed by atoms with Crippen LogP contribution >= 0.6 is 11.3 Å². The summed E-state index contributed by atoms with van der Waals surface area (Å²) in [5, 5.41) is 14.4. The summed E-state index contributed by atoms with van der Waals surface area (Å²) < 4.78 is 68.0. The molecule has 0 unspecified atom stereocenters. The number of sulfonamides is 1. The molecule has 2 aromatic heterocycles. The number of para-hydroxylation sites is 1. The Labute approximate surface area is 220 Å². The number of amides is 1. The van der Waals surface area contributed by atoms with Gasteiger partial charge in [0.1, 0.15) is 11.6 Å². The number of aryl methyl sites for hydroxylation is 2. The molecule has 1 amide bonds. The Morgan fingerprint density at radius 3 is 2.47 bits per heavy atom. The first-order valence-corrected chi connectivity index (χ1v) is 13.8. The van der Waals surface area contributed by atoms with E-state index in [1.807, 2.05) is 6.92 Å². The van der Waals surface area contributed by atoms with Crippen molar-refractivity contribution in [3.63, 3.8) is 0 Å². The van der Waals surface area contributed by atoms with E-state index in [1.165, 1.54) is 24.2 Å². The molecule has 0 bridgehead atoms. The number of piperazine rings is 1. The van der Waals surface area contributed by atoms with Crippen LogP contribution < -0.4 is 10.6 Å². The standard InChI is InChI=1S/C22H26F3N7O4S2/c1-12(26-18-15-5-4-6-16(22(23,24)25)17(15)28-14(3)29-18)11-31-7-9-32(10-8-31)38(35,36)19-13(2)27-20(37-19)30-21(33)34/h4-6,12H,7-11H2,1-3H3,(H,27,30)(H,33,34)(H,26,28,29)/t12-/m0/s1. The van der Waals surface area contributed by atoms with Gasteiger partial charge >= 0.3 is 12.3 Å². The third-order valence-corrected chi connectivity index (χ3v) is 9.49. The van der Waals surface area contributed by atoms with Crippen molar-refractivity contribution in [3.05, 3.63) is 35.3 Å². The van der Waals surface area contributed by atoms with E-state index in [1.54, 1.807) is 6.07 Å². The Morgan fingerprint density at radius 1 is 1.16 bits per heavy atom. The lowest BCUT2D eigenvalue weighted by atomic mass is 10.1.